The van der Waals surface area contributed by atoms with E-state index in [1.54, 1.807) is 0 Å². The molecule has 0 spiro atoms. The monoisotopic (exact) mass is 227 g/mol. The van der Waals surface area contributed by atoms with Crippen molar-refractivity contribution in [2.24, 2.45) is 11.3 Å². The van der Waals surface area contributed by atoms with Gasteiger partial charge < -0.3 is 6.15 Å². The fraction of sp³-hybridized carbons (Fsp3) is 0.867. The van der Waals surface area contributed by atoms with Crippen LogP contribution in [0, 0.1) is 11.3 Å². The molecule has 0 aliphatic rings. The Kier molecular flexibility index (Phi) is 11.2. The lowest BCUT2D eigenvalue weighted by Gasteiger charge is -2.29. The van der Waals surface area contributed by atoms with Crippen LogP contribution in [-0.4, -0.2) is 0 Å². The molecule has 0 aromatic heterocycles. The van der Waals surface area contributed by atoms with E-state index in [0.29, 0.717) is 5.41 Å². The van der Waals surface area contributed by atoms with Crippen LogP contribution in [0.5, 0.6) is 0 Å². The molecule has 1 heteroatoms. The van der Waals surface area contributed by atoms with Crippen LogP contribution in [0.4, 0.5) is 0 Å². The Balaban J connectivity index is 0. The van der Waals surface area contributed by atoms with Gasteiger partial charge in [-0.1, -0.05) is 59.5 Å². The molecule has 0 aromatic rings. The van der Waals surface area contributed by atoms with Crippen LogP contribution in [0.15, 0.2) is 12.7 Å². The topological polar surface area (TPSA) is 35.0 Å². The van der Waals surface area contributed by atoms with Gasteiger partial charge >= 0.3 is 0 Å². The van der Waals surface area contributed by atoms with E-state index in [9.17, 15) is 0 Å². The van der Waals surface area contributed by atoms with E-state index in [1.807, 2.05) is 6.08 Å². The second kappa shape index (κ2) is 9.89. The lowest BCUT2D eigenvalue weighted by atomic mass is 9.77. The molecule has 0 unspecified atom stereocenters. The van der Waals surface area contributed by atoms with E-state index >= 15 is 0 Å². The van der Waals surface area contributed by atoms with Crippen LogP contribution in [0.1, 0.15) is 72.6 Å². The average Bonchev–Trinajstić information content (AvgIpc) is 2.16. The van der Waals surface area contributed by atoms with E-state index in [-0.39, 0.29) is 6.15 Å². The minimum absolute atomic E-state index is 0. The van der Waals surface area contributed by atoms with Gasteiger partial charge in [-0.25, -0.2) is 0 Å². The SMILES string of the molecule is C=CCCCCCCCC(C)(C)C(C)C.N. The van der Waals surface area contributed by atoms with E-state index in [0.717, 1.165) is 5.92 Å². The predicted octanol–water partition coefficient (Wildman–Crippen LogP) is 5.75. The Bertz CT molecular complexity index is 159. The standard InChI is InChI=1S/C15H30.H3N/c1-6-7-8-9-10-11-12-13-15(4,5)14(2)3;/h6,14H,1,7-13H2,2-5H3;1H3. The highest BCUT2D eigenvalue weighted by molar-refractivity contribution is 4.72. The highest BCUT2D eigenvalue weighted by Crippen LogP contribution is 2.32. The second-order valence-electron chi connectivity index (χ2n) is 5.74. The second-order valence-corrected chi connectivity index (χ2v) is 5.74. The van der Waals surface area contributed by atoms with Gasteiger partial charge in [0.25, 0.3) is 0 Å². The summed E-state index contributed by atoms with van der Waals surface area (Å²) in [5, 5.41) is 0. The molecule has 0 aliphatic heterocycles. The summed E-state index contributed by atoms with van der Waals surface area (Å²) in [6.45, 7) is 13.2. The van der Waals surface area contributed by atoms with Gasteiger partial charge in [-0.05, 0) is 30.6 Å². The minimum Gasteiger partial charge on any atom is -0.344 e. The molecule has 1 nitrogen and oxygen atoms in total. The summed E-state index contributed by atoms with van der Waals surface area (Å²) in [5.41, 5.74) is 0.529. The smallest absolute Gasteiger partial charge is 0.0331 e. The first-order valence-corrected chi connectivity index (χ1v) is 6.61. The zero-order valence-electron chi connectivity index (χ0n) is 12.0. The molecule has 0 bridgehead atoms. The zero-order chi connectivity index (χ0) is 11.7. The summed E-state index contributed by atoms with van der Waals surface area (Å²) in [4.78, 5) is 0. The van der Waals surface area contributed by atoms with Crippen LogP contribution < -0.4 is 6.15 Å². The molecule has 0 fully saturated rings. The maximum Gasteiger partial charge on any atom is -0.0331 e. The fourth-order valence-electron chi connectivity index (χ4n) is 1.69. The zero-order valence-corrected chi connectivity index (χ0v) is 12.0. The minimum atomic E-state index is 0. The van der Waals surface area contributed by atoms with Gasteiger partial charge in [0.05, 0.1) is 0 Å². The Labute approximate surface area is 103 Å². The molecular formula is C15H33N. The number of hydrogen-bond donors (Lipinski definition) is 1. The number of allylic oxidation sites excluding steroid dienone is 1. The molecule has 16 heavy (non-hydrogen) atoms. The maximum absolute atomic E-state index is 3.75. The van der Waals surface area contributed by atoms with Crippen molar-refractivity contribution in [3.8, 4) is 0 Å². The molecule has 0 aliphatic carbocycles. The predicted molar refractivity (Wildman–Crippen MR) is 76.2 cm³/mol. The summed E-state index contributed by atoms with van der Waals surface area (Å²) in [6.07, 6.45) is 11.5. The van der Waals surface area contributed by atoms with Crippen LogP contribution in [-0.2, 0) is 0 Å². The van der Waals surface area contributed by atoms with E-state index < -0.39 is 0 Å². The highest BCUT2D eigenvalue weighted by Gasteiger charge is 2.20. The van der Waals surface area contributed by atoms with Crippen molar-refractivity contribution in [3.63, 3.8) is 0 Å². The summed E-state index contributed by atoms with van der Waals surface area (Å²) < 4.78 is 0. The third-order valence-electron chi connectivity index (χ3n) is 3.79. The van der Waals surface area contributed by atoms with Crippen LogP contribution in [0.25, 0.3) is 0 Å². The van der Waals surface area contributed by atoms with E-state index in [2.05, 4.69) is 34.3 Å². The first kappa shape index (κ1) is 18.1. The maximum atomic E-state index is 3.75. The summed E-state index contributed by atoms with van der Waals surface area (Å²) in [7, 11) is 0. The normalized spacial score (nSPS) is 11.3. The average molecular weight is 227 g/mol. The molecule has 0 atom stereocenters. The van der Waals surface area contributed by atoms with Crippen LogP contribution in [0.2, 0.25) is 0 Å². The van der Waals surface area contributed by atoms with Gasteiger partial charge in [-0.2, -0.15) is 0 Å². The Morgan fingerprint density at radius 3 is 2.00 bits per heavy atom. The summed E-state index contributed by atoms with van der Waals surface area (Å²) >= 11 is 0. The van der Waals surface area contributed by atoms with Crippen molar-refractivity contribution in [2.75, 3.05) is 0 Å². The Morgan fingerprint density at radius 1 is 1.00 bits per heavy atom. The molecule has 0 rings (SSSR count). The lowest BCUT2D eigenvalue weighted by Crippen LogP contribution is -2.18. The van der Waals surface area contributed by atoms with Gasteiger partial charge in [-0.15, -0.1) is 6.58 Å². The van der Waals surface area contributed by atoms with Gasteiger partial charge in [0.1, 0.15) is 0 Å². The molecule has 3 N–H and O–H groups in total. The third kappa shape index (κ3) is 8.96. The number of unbranched alkanes of at least 4 members (excludes halogenated alkanes) is 5. The lowest BCUT2D eigenvalue weighted by molar-refractivity contribution is 0.221. The quantitative estimate of drug-likeness (QED) is 0.395. The van der Waals surface area contributed by atoms with Gasteiger partial charge in [0.2, 0.25) is 0 Å². The summed E-state index contributed by atoms with van der Waals surface area (Å²) in [5.74, 6) is 0.804. The van der Waals surface area contributed by atoms with Crippen LogP contribution in [0.3, 0.4) is 0 Å². The van der Waals surface area contributed by atoms with E-state index in [1.165, 1.54) is 44.9 Å². The number of hydrogen-bond acceptors (Lipinski definition) is 1. The highest BCUT2D eigenvalue weighted by atomic mass is 14.3. The number of rotatable bonds is 9. The van der Waals surface area contributed by atoms with Crippen molar-refractivity contribution in [1.82, 2.24) is 6.15 Å². The van der Waals surface area contributed by atoms with E-state index in [4.69, 9.17) is 0 Å². The summed E-state index contributed by atoms with van der Waals surface area (Å²) in [6, 6.07) is 0. The van der Waals surface area contributed by atoms with Crippen molar-refractivity contribution in [3.05, 3.63) is 12.7 Å². The molecule has 98 valence electrons. The Morgan fingerprint density at radius 2 is 1.50 bits per heavy atom. The molecule has 0 radical (unpaired) electrons. The third-order valence-corrected chi connectivity index (χ3v) is 3.79. The van der Waals surface area contributed by atoms with Crippen molar-refractivity contribution in [1.29, 1.82) is 0 Å². The van der Waals surface area contributed by atoms with Crippen molar-refractivity contribution >= 4 is 0 Å². The molecule has 0 saturated carbocycles. The van der Waals surface area contributed by atoms with Crippen molar-refractivity contribution in [2.45, 2.75) is 72.6 Å². The molecule has 0 saturated heterocycles. The molecule has 0 aromatic carbocycles. The first-order valence-electron chi connectivity index (χ1n) is 6.61. The molecule has 0 amide bonds. The van der Waals surface area contributed by atoms with Gasteiger partial charge in [-0.3, -0.25) is 0 Å². The van der Waals surface area contributed by atoms with Gasteiger partial charge in [0, 0.05) is 0 Å². The van der Waals surface area contributed by atoms with Crippen molar-refractivity contribution < 1.29 is 0 Å². The first-order chi connectivity index (χ1) is 7.00. The Hall–Kier alpha value is -0.300. The fourth-order valence-corrected chi connectivity index (χ4v) is 1.69. The van der Waals surface area contributed by atoms with Crippen LogP contribution >= 0.6 is 0 Å². The van der Waals surface area contributed by atoms with Gasteiger partial charge in [0.15, 0.2) is 0 Å². The largest absolute Gasteiger partial charge is 0.344 e. The molecular weight excluding hydrogens is 194 g/mol. The molecule has 0 heterocycles.